The van der Waals surface area contributed by atoms with Crippen LogP contribution in [0.25, 0.3) is 0 Å². The molecule has 0 radical (unpaired) electrons. The summed E-state index contributed by atoms with van der Waals surface area (Å²) in [7, 11) is 0. The Morgan fingerprint density at radius 3 is 1.60 bits per heavy atom. The second-order valence-corrected chi connectivity index (χ2v) is 0.736. The Balaban J connectivity index is 0.000000160. The van der Waals surface area contributed by atoms with Crippen LogP contribution in [0.2, 0.25) is 0 Å². The van der Waals surface area contributed by atoms with E-state index in [-0.39, 0.29) is 11.6 Å². The molecule has 0 atom stereocenters. The molecule has 0 aliphatic rings. The molecular weight excluding hydrogens is 66.0 g/mol. The van der Waals surface area contributed by atoms with E-state index in [1.807, 2.05) is 0 Å². The van der Waals surface area contributed by atoms with Crippen LogP contribution in [-0.4, -0.2) is 0 Å². The minimum absolute atomic E-state index is 0. The van der Waals surface area contributed by atoms with E-state index in [9.17, 15) is 4.79 Å². The lowest BCUT2D eigenvalue weighted by atomic mass is 11.1. The van der Waals surface area contributed by atoms with E-state index in [0.29, 0.717) is 0 Å². The molecule has 0 fully saturated rings. The van der Waals surface area contributed by atoms with Gasteiger partial charge in [-0.15, -0.1) is 0 Å². The Hall–Kier alpha value is -0.630. The zero-order valence-electron chi connectivity index (χ0n) is 2.77. The van der Waals surface area contributed by atoms with Crippen molar-refractivity contribution in [3.63, 3.8) is 0 Å². The molecule has 0 heterocycles. The van der Waals surface area contributed by atoms with Crippen molar-refractivity contribution in [1.82, 2.24) is 6.15 Å². The topological polar surface area (TPSA) is 52.1 Å². The molecule has 0 saturated carbocycles. The van der Waals surface area contributed by atoms with Gasteiger partial charge in [-0.1, -0.05) is 0 Å². The lowest BCUT2D eigenvalue weighted by Crippen LogP contribution is -1.61. The van der Waals surface area contributed by atoms with Gasteiger partial charge in [0.05, 0.1) is 0 Å². The molecule has 0 saturated heterocycles. The van der Waals surface area contributed by atoms with Crippen molar-refractivity contribution in [2.24, 2.45) is 0 Å². The summed E-state index contributed by atoms with van der Waals surface area (Å²) >= 11 is 0. The minimum Gasteiger partial charge on any atom is -0.344 e. The van der Waals surface area contributed by atoms with Gasteiger partial charge in [-0.2, -0.15) is 0 Å². The Kier molecular flexibility index (Phi) is 0.866. The van der Waals surface area contributed by atoms with Crippen LogP contribution in [0.5, 0.6) is 0 Å². The first-order chi connectivity index (χ1) is 1.89. The van der Waals surface area contributed by atoms with Crippen LogP contribution < -0.4 is 11.6 Å². The highest BCUT2D eigenvalue weighted by molar-refractivity contribution is 5.00. The summed E-state index contributed by atoms with van der Waals surface area (Å²) in [5.74, 6) is 0. The molecule has 28 valence electrons. The molecule has 3 N–H and O–H groups in total. The first-order valence-electron chi connectivity index (χ1n) is 1.11. The summed E-state index contributed by atoms with van der Waals surface area (Å²) < 4.78 is 0. The molecule has 0 aliphatic carbocycles. The summed E-state index contributed by atoms with van der Waals surface area (Å²) in [6.45, 7) is 0. The van der Waals surface area contributed by atoms with Gasteiger partial charge in [0.25, 0.3) is 0 Å². The first-order valence-corrected chi connectivity index (χ1v) is 1.11. The Labute approximate surface area is 29.7 Å². The summed E-state index contributed by atoms with van der Waals surface area (Å²) in [5.41, 5.74) is 0.167. The van der Waals surface area contributed by atoms with Crippen LogP contribution in [-0.2, 0) is 0 Å². The van der Waals surface area contributed by atoms with E-state index in [4.69, 9.17) is 0 Å². The minimum atomic E-state index is 0. The third kappa shape index (κ3) is 1.13. The molecule has 0 amide bonds. The van der Waals surface area contributed by atoms with Crippen molar-refractivity contribution in [1.29, 1.82) is 0 Å². The molecular formula is C3H5NO. The number of rotatable bonds is 0. The summed E-state index contributed by atoms with van der Waals surface area (Å²) in [6, 6.07) is 3.06. The van der Waals surface area contributed by atoms with Crippen LogP contribution in [0.3, 0.4) is 0 Å². The fourth-order valence-electron chi connectivity index (χ4n) is 0.0340. The molecule has 2 heteroatoms. The monoisotopic (exact) mass is 71.0 g/mol. The highest BCUT2D eigenvalue weighted by Crippen LogP contribution is 1.61. The van der Waals surface area contributed by atoms with Gasteiger partial charge in [0.1, 0.15) is 0 Å². The molecule has 1 aromatic carbocycles. The molecule has 0 unspecified atom stereocenters. The fourth-order valence-corrected chi connectivity index (χ4v) is 0.0340. The van der Waals surface area contributed by atoms with E-state index >= 15 is 0 Å². The van der Waals surface area contributed by atoms with Crippen molar-refractivity contribution in [2.75, 3.05) is 0 Å². The highest BCUT2D eigenvalue weighted by Gasteiger charge is 1.78. The van der Waals surface area contributed by atoms with Crippen LogP contribution in [0.15, 0.2) is 16.9 Å². The van der Waals surface area contributed by atoms with Crippen molar-refractivity contribution in [3.05, 3.63) is 22.4 Å². The SMILES string of the molecule is N.O=c1cc1. The first kappa shape index (κ1) is 4.37. The quantitative estimate of drug-likeness (QED) is 0.471. The van der Waals surface area contributed by atoms with Crippen molar-refractivity contribution in [3.8, 4) is 0 Å². The standard InChI is InChI=1S/C3H2O.H3N/c4-3-1-2-3;/h1-2H;1H3. The van der Waals surface area contributed by atoms with Gasteiger partial charge in [0.15, 0.2) is 5.43 Å². The normalized spacial score (nSPS) is 7.20. The average Bonchev–Trinajstić information content (AvgIpc) is 1.75. The molecule has 5 heavy (non-hydrogen) atoms. The number of hydrogen-bond donors (Lipinski definition) is 1. The molecule has 0 spiro atoms. The van der Waals surface area contributed by atoms with Gasteiger partial charge in [0, 0.05) is 0 Å². The van der Waals surface area contributed by atoms with E-state index in [1.54, 1.807) is 0 Å². The Morgan fingerprint density at radius 2 is 1.60 bits per heavy atom. The lowest BCUT2D eigenvalue weighted by molar-refractivity contribution is 2.05. The van der Waals surface area contributed by atoms with Crippen LogP contribution in [0, 0.1) is 0 Å². The Morgan fingerprint density at radius 1 is 1.40 bits per heavy atom. The smallest absolute Gasteiger partial charge is 0.178 e. The Bertz CT molecular complexity index is 95.7. The van der Waals surface area contributed by atoms with Crippen LogP contribution in [0.4, 0.5) is 0 Å². The van der Waals surface area contributed by atoms with Gasteiger partial charge in [-0.05, 0) is 12.1 Å². The average molecular weight is 71.1 g/mol. The van der Waals surface area contributed by atoms with Gasteiger partial charge in [-0.25, -0.2) is 0 Å². The van der Waals surface area contributed by atoms with Crippen LogP contribution in [0.1, 0.15) is 0 Å². The molecule has 0 bridgehead atoms. The summed E-state index contributed by atoms with van der Waals surface area (Å²) in [4.78, 5) is 9.44. The third-order valence-corrected chi connectivity index (χ3v) is 0.303. The van der Waals surface area contributed by atoms with E-state index in [1.165, 1.54) is 12.1 Å². The van der Waals surface area contributed by atoms with E-state index in [2.05, 4.69) is 0 Å². The molecule has 1 rings (SSSR count). The highest BCUT2D eigenvalue weighted by atomic mass is 16.1. The van der Waals surface area contributed by atoms with Crippen LogP contribution >= 0.6 is 0 Å². The van der Waals surface area contributed by atoms with Gasteiger partial charge >= 0.3 is 0 Å². The second-order valence-electron chi connectivity index (χ2n) is 0.736. The summed E-state index contributed by atoms with van der Waals surface area (Å²) in [6.07, 6.45) is 0. The van der Waals surface area contributed by atoms with Crippen molar-refractivity contribution < 1.29 is 0 Å². The maximum atomic E-state index is 9.44. The van der Waals surface area contributed by atoms with E-state index in [0.717, 1.165) is 0 Å². The molecule has 1 aromatic rings. The predicted molar refractivity (Wildman–Crippen MR) is 20.1 cm³/mol. The molecule has 2 nitrogen and oxygen atoms in total. The maximum absolute atomic E-state index is 9.44. The zero-order valence-corrected chi connectivity index (χ0v) is 2.77. The summed E-state index contributed by atoms with van der Waals surface area (Å²) in [5, 5.41) is 0. The van der Waals surface area contributed by atoms with Gasteiger partial charge in [0.2, 0.25) is 0 Å². The van der Waals surface area contributed by atoms with Gasteiger partial charge < -0.3 is 6.15 Å². The van der Waals surface area contributed by atoms with E-state index < -0.39 is 0 Å². The second kappa shape index (κ2) is 0.991. The van der Waals surface area contributed by atoms with Gasteiger partial charge in [-0.3, -0.25) is 4.79 Å². The van der Waals surface area contributed by atoms with Crippen molar-refractivity contribution in [2.45, 2.75) is 0 Å². The third-order valence-electron chi connectivity index (χ3n) is 0.303. The maximum Gasteiger partial charge on any atom is 0.178 e. The predicted octanol–water partition coefficient (Wildman–Crippen LogP) is 0.0844. The molecule has 0 aromatic heterocycles. The zero-order chi connectivity index (χ0) is 2.99. The molecule has 0 aliphatic heterocycles. The lowest BCUT2D eigenvalue weighted by Gasteiger charge is -1.12. The van der Waals surface area contributed by atoms with Crippen molar-refractivity contribution >= 4 is 0 Å². The number of hydrogen-bond acceptors (Lipinski definition) is 2. The largest absolute Gasteiger partial charge is 0.344 e. The fraction of sp³-hybridized carbons (Fsp3) is 0.